The van der Waals surface area contributed by atoms with Crippen molar-refractivity contribution in [1.82, 2.24) is 5.32 Å². The Morgan fingerprint density at radius 2 is 2.17 bits per heavy atom. The predicted octanol–water partition coefficient (Wildman–Crippen LogP) is 1.92. The highest BCUT2D eigenvalue weighted by molar-refractivity contribution is 6.27. The molecule has 0 aromatic rings. The average Bonchev–Trinajstić information content (AvgIpc) is 2.56. The largest absolute Gasteiger partial charge is 0.352 e. The van der Waals surface area contributed by atoms with Crippen LogP contribution < -0.4 is 5.32 Å². The molecule has 0 spiro atoms. The van der Waals surface area contributed by atoms with E-state index in [4.69, 9.17) is 11.6 Å². The summed E-state index contributed by atoms with van der Waals surface area (Å²) in [5.41, 5.74) is 0. The fourth-order valence-electron chi connectivity index (χ4n) is 1.87. The van der Waals surface area contributed by atoms with E-state index in [-0.39, 0.29) is 11.8 Å². The summed E-state index contributed by atoms with van der Waals surface area (Å²) in [6.07, 6.45) is 5.13. The summed E-state index contributed by atoms with van der Waals surface area (Å²) in [7, 11) is 0. The second kappa shape index (κ2) is 4.70. The molecule has 1 fully saturated rings. The lowest BCUT2D eigenvalue weighted by Crippen LogP contribution is -2.37. The van der Waals surface area contributed by atoms with E-state index < -0.39 is 0 Å². The maximum Gasteiger partial charge on any atom is 0.235 e. The zero-order valence-electron chi connectivity index (χ0n) is 7.48. The lowest BCUT2D eigenvalue weighted by molar-refractivity contribution is -0.119. The number of alkyl halides is 1. The molecule has 1 aliphatic rings. The van der Waals surface area contributed by atoms with Gasteiger partial charge in [0, 0.05) is 6.04 Å². The van der Waals surface area contributed by atoms with Crippen molar-refractivity contribution in [3.05, 3.63) is 0 Å². The predicted molar refractivity (Wildman–Crippen MR) is 50.3 cm³/mol. The van der Waals surface area contributed by atoms with Gasteiger partial charge in [-0.1, -0.05) is 12.8 Å². The Bertz CT molecular complexity index is 155. The second-order valence-corrected chi connectivity index (χ2v) is 3.80. The van der Waals surface area contributed by atoms with Crippen LogP contribution in [0.25, 0.3) is 0 Å². The van der Waals surface area contributed by atoms with Crippen molar-refractivity contribution in [2.75, 3.05) is 5.88 Å². The van der Waals surface area contributed by atoms with Gasteiger partial charge in [-0.2, -0.15) is 0 Å². The minimum atomic E-state index is -0.0453. The average molecular weight is 190 g/mol. The number of nitrogens with one attached hydrogen (secondary N) is 1. The molecule has 1 amide bonds. The number of hydrogen-bond donors (Lipinski definition) is 1. The Hall–Kier alpha value is -0.240. The standard InChI is InChI=1S/C9H16ClNO/c1-7(11-9(12)6-10)8-4-2-3-5-8/h7-8H,2-6H2,1H3,(H,11,12). The molecule has 1 unspecified atom stereocenters. The van der Waals surface area contributed by atoms with Crippen LogP contribution in [0.5, 0.6) is 0 Å². The summed E-state index contributed by atoms with van der Waals surface area (Å²) in [6.45, 7) is 2.07. The maximum atomic E-state index is 10.9. The summed E-state index contributed by atoms with van der Waals surface area (Å²) >= 11 is 5.39. The van der Waals surface area contributed by atoms with Crippen LogP contribution in [0.1, 0.15) is 32.6 Å². The quantitative estimate of drug-likeness (QED) is 0.676. The van der Waals surface area contributed by atoms with E-state index in [1.54, 1.807) is 0 Å². The molecule has 0 aromatic carbocycles. The first kappa shape index (κ1) is 9.85. The van der Waals surface area contributed by atoms with Gasteiger partial charge in [0.15, 0.2) is 0 Å². The van der Waals surface area contributed by atoms with Gasteiger partial charge in [0.1, 0.15) is 5.88 Å². The second-order valence-electron chi connectivity index (χ2n) is 3.53. The van der Waals surface area contributed by atoms with Crippen LogP contribution in [0.3, 0.4) is 0 Å². The molecule has 12 heavy (non-hydrogen) atoms. The highest BCUT2D eigenvalue weighted by Crippen LogP contribution is 2.27. The molecule has 1 saturated carbocycles. The third-order valence-corrected chi connectivity index (χ3v) is 2.86. The molecular weight excluding hydrogens is 174 g/mol. The fourth-order valence-corrected chi connectivity index (χ4v) is 1.94. The number of hydrogen-bond acceptors (Lipinski definition) is 1. The van der Waals surface area contributed by atoms with Crippen molar-refractivity contribution in [3.63, 3.8) is 0 Å². The first-order valence-electron chi connectivity index (χ1n) is 4.59. The summed E-state index contributed by atoms with van der Waals surface area (Å²) in [5, 5.41) is 2.90. The van der Waals surface area contributed by atoms with E-state index in [2.05, 4.69) is 12.2 Å². The number of rotatable bonds is 3. The van der Waals surface area contributed by atoms with Crippen molar-refractivity contribution in [3.8, 4) is 0 Å². The molecule has 2 nitrogen and oxygen atoms in total. The Morgan fingerprint density at radius 1 is 1.58 bits per heavy atom. The minimum absolute atomic E-state index is 0.0453. The zero-order valence-corrected chi connectivity index (χ0v) is 8.23. The van der Waals surface area contributed by atoms with E-state index >= 15 is 0 Å². The van der Waals surface area contributed by atoms with Gasteiger partial charge in [0.25, 0.3) is 0 Å². The molecule has 1 N–H and O–H groups in total. The molecule has 1 rings (SSSR count). The van der Waals surface area contributed by atoms with Crippen LogP contribution in [0.2, 0.25) is 0 Å². The Kier molecular flexibility index (Phi) is 3.86. The summed E-state index contributed by atoms with van der Waals surface area (Å²) < 4.78 is 0. The number of amides is 1. The molecule has 0 aromatic heterocycles. The first-order chi connectivity index (χ1) is 5.74. The third kappa shape index (κ3) is 2.67. The first-order valence-corrected chi connectivity index (χ1v) is 5.13. The zero-order chi connectivity index (χ0) is 8.97. The Morgan fingerprint density at radius 3 is 2.67 bits per heavy atom. The van der Waals surface area contributed by atoms with Crippen LogP contribution >= 0.6 is 11.6 Å². The van der Waals surface area contributed by atoms with Gasteiger partial charge in [0.05, 0.1) is 0 Å². The lowest BCUT2D eigenvalue weighted by atomic mass is 10.00. The normalized spacial score (nSPS) is 20.8. The van der Waals surface area contributed by atoms with E-state index in [0.717, 1.165) is 0 Å². The number of carbonyl (C=O) groups excluding carboxylic acids is 1. The molecule has 1 atom stereocenters. The van der Waals surface area contributed by atoms with Crippen LogP contribution in [-0.2, 0) is 4.79 Å². The van der Waals surface area contributed by atoms with E-state index in [9.17, 15) is 4.79 Å². The Labute approximate surface area is 78.7 Å². The van der Waals surface area contributed by atoms with Crippen molar-refractivity contribution in [2.24, 2.45) is 5.92 Å². The van der Waals surface area contributed by atoms with Gasteiger partial charge in [-0.25, -0.2) is 0 Å². The van der Waals surface area contributed by atoms with Crippen LogP contribution in [-0.4, -0.2) is 17.8 Å². The molecular formula is C9H16ClNO. The molecule has 0 radical (unpaired) electrons. The summed E-state index contributed by atoms with van der Waals surface area (Å²) in [5.74, 6) is 0.713. The van der Waals surface area contributed by atoms with Crippen LogP contribution in [0.4, 0.5) is 0 Å². The van der Waals surface area contributed by atoms with Gasteiger partial charge in [-0.3, -0.25) is 4.79 Å². The van der Waals surface area contributed by atoms with Gasteiger partial charge in [0.2, 0.25) is 5.91 Å². The van der Waals surface area contributed by atoms with Crippen molar-refractivity contribution in [1.29, 1.82) is 0 Å². The maximum absolute atomic E-state index is 10.9. The van der Waals surface area contributed by atoms with E-state index in [1.807, 2.05) is 0 Å². The molecule has 70 valence electrons. The summed E-state index contributed by atoms with van der Waals surface area (Å²) in [6, 6.07) is 0.304. The van der Waals surface area contributed by atoms with Crippen LogP contribution in [0, 0.1) is 5.92 Å². The van der Waals surface area contributed by atoms with Gasteiger partial charge >= 0.3 is 0 Å². The fraction of sp³-hybridized carbons (Fsp3) is 0.889. The Balaban J connectivity index is 2.26. The van der Waals surface area contributed by atoms with Crippen molar-refractivity contribution in [2.45, 2.75) is 38.6 Å². The molecule has 1 aliphatic carbocycles. The highest BCUT2D eigenvalue weighted by Gasteiger charge is 2.22. The lowest BCUT2D eigenvalue weighted by Gasteiger charge is -2.19. The summed E-state index contributed by atoms with van der Waals surface area (Å²) in [4.78, 5) is 10.9. The van der Waals surface area contributed by atoms with E-state index in [0.29, 0.717) is 12.0 Å². The van der Waals surface area contributed by atoms with E-state index in [1.165, 1.54) is 25.7 Å². The third-order valence-electron chi connectivity index (χ3n) is 2.62. The molecule has 0 bridgehead atoms. The van der Waals surface area contributed by atoms with Crippen LogP contribution in [0.15, 0.2) is 0 Å². The smallest absolute Gasteiger partial charge is 0.235 e. The topological polar surface area (TPSA) is 29.1 Å². The number of carbonyl (C=O) groups is 1. The van der Waals surface area contributed by atoms with Crippen molar-refractivity contribution < 1.29 is 4.79 Å². The molecule has 3 heteroatoms. The molecule has 0 heterocycles. The van der Waals surface area contributed by atoms with Gasteiger partial charge in [-0.15, -0.1) is 11.6 Å². The van der Waals surface area contributed by atoms with Gasteiger partial charge in [-0.05, 0) is 25.7 Å². The monoisotopic (exact) mass is 189 g/mol. The highest BCUT2D eigenvalue weighted by atomic mass is 35.5. The molecule has 0 saturated heterocycles. The SMILES string of the molecule is CC(NC(=O)CCl)C1CCCC1. The van der Waals surface area contributed by atoms with Crippen molar-refractivity contribution >= 4 is 17.5 Å². The van der Waals surface area contributed by atoms with Gasteiger partial charge < -0.3 is 5.32 Å². The minimum Gasteiger partial charge on any atom is -0.352 e. The number of halogens is 1. The molecule has 0 aliphatic heterocycles.